The van der Waals surface area contributed by atoms with Crippen molar-refractivity contribution in [2.45, 2.75) is 0 Å². The number of allylic oxidation sites excluding steroid dienone is 1. The van der Waals surface area contributed by atoms with Crippen LogP contribution < -0.4 is 18.9 Å². The molecule has 0 bridgehead atoms. The number of hydrogen-bond acceptors (Lipinski definition) is 6. The number of phenolic OH excluding ortho intramolecular Hbond substituents is 1. The molecule has 2 rings (SSSR count). The maximum atomic E-state index is 12.5. The van der Waals surface area contributed by atoms with Crippen molar-refractivity contribution in [3.05, 3.63) is 47.5 Å². The van der Waals surface area contributed by atoms with Gasteiger partial charge in [-0.3, -0.25) is 4.79 Å². The first kappa shape index (κ1) is 18.2. The number of aromatic hydroxyl groups is 1. The van der Waals surface area contributed by atoms with Crippen LogP contribution in [-0.2, 0) is 0 Å². The molecule has 0 amide bonds. The summed E-state index contributed by atoms with van der Waals surface area (Å²) < 4.78 is 20.8. The van der Waals surface area contributed by atoms with E-state index in [-0.39, 0.29) is 11.5 Å². The summed E-state index contributed by atoms with van der Waals surface area (Å²) in [6, 6.07) is 7.91. The van der Waals surface area contributed by atoms with Crippen LogP contribution in [0, 0.1) is 0 Å². The van der Waals surface area contributed by atoms with E-state index in [1.807, 2.05) is 0 Å². The van der Waals surface area contributed by atoms with E-state index in [4.69, 9.17) is 18.9 Å². The van der Waals surface area contributed by atoms with Crippen molar-refractivity contribution in [2.24, 2.45) is 0 Å². The summed E-state index contributed by atoms with van der Waals surface area (Å²) in [5, 5.41) is 9.87. The van der Waals surface area contributed by atoms with Gasteiger partial charge in [-0.15, -0.1) is 0 Å². The average Bonchev–Trinajstić information content (AvgIpc) is 2.65. The summed E-state index contributed by atoms with van der Waals surface area (Å²) in [4.78, 5) is 12.5. The first-order chi connectivity index (χ1) is 12.0. The molecule has 0 aliphatic rings. The molecule has 0 aliphatic carbocycles. The van der Waals surface area contributed by atoms with Crippen molar-refractivity contribution in [3.8, 4) is 28.7 Å². The standard InChI is InChI=1S/C19H20O6/c1-22-14-6-8-15(20)12(9-14)5-7-16(21)13-10-17(23-2)19(25-4)18(11-13)24-3/h5-11,20H,1-4H3/b7-5+. The second-order valence-corrected chi connectivity index (χ2v) is 5.04. The summed E-state index contributed by atoms with van der Waals surface area (Å²) in [6.07, 6.45) is 2.87. The van der Waals surface area contributed by atoms with Crippen LogP contribution in [0.15, 0.2) is 36.4 Å². The minimum atomic E-state index is -0.276. The smallest absolute Gasteiger partial charge is 0.203 e. The van der Waals surface area contributed by atoms with Crippen LogP contribution >= 0.6 is 0 Å². The molecule has 0 fully saturated rings. The van der Waals surface area contributed by atoms with E-state index in [2.05, 4.69) is 0 Å². The average molecular weight is 344 g/mol. The number of hydrogen-bond donors (Lipinski definition) is 1. The summed E-state index contributed by atoms with van der Waals surface area (Å²) in [6.45, 7) is 0. The molecule has 25 heavy (non-hydrogen) atoms. The molecule has 0 saturated heterocycles. The van der Waals surface area contributed by atoms with E-state index in [1.165, 1.54) is 46.7 Å². The maximum Gasteiger partial charge on any atom is 0.203 e. The Hall–Kier alpha value is -3.15. The first-order valence-corrected chi connectivity index (χ1v) is 7.43. The Morgan fingerprint density at radius 3 is 2.08 bits per heavy atom. The fourth-order valence-electron chi connectivity index (χ4n) is 2.28. The lowest BCUT2D eigenvalue weighted by Gasteiger charge is -2.13. The molecule has 0 spiro atoms. The van der Waals surface area contributed by atoms with Crippen LogP contribution in [0.3, 0.4) is 0 Å². The van der Waals surface area contributed by atoms with E-state index in [1.54, 1.807) is 24.3 Å². The molecule has 132 valence electrons. The summed E-state index contributed by atoms with van der Waals surface area (Å²) in [5.74, 6) is 1.55. The van der Waals surface area contributed by atoms with E-state index in [0.29, 0.717) is 34.1 Å². The lowest BCUT2D eigenvalue weighted by molar-refractivity contribution is 0.104. The highest BCUT2D eigenvalue weighted by Gasteiger charge is 2.15. The van der Waals surface area contributed by atoms with Gasteiger partial charge in [0, 0.05) is 11.1 Å². The third kappa shape index (κ3) is 4.03. The second kappa shape index (κ2) is 8.10. The number of carbonyl (C=O) groups excluding carboxylic acids is 1. The lowest BCUT2D eigenvalue weighted by atomic mass is 10.1. The number of methoxy groups -OCH3 is 4. The van der Waals surface area contributed by atoms with E-state index >= 15 is 0 Å². The quantitative estimate of drug-likeness (QED) is 0.613. The molecular formula is C19H20O6. The van der Waals surface area contributed by atoms with Crippen molar-refractivity contribution in [1.82, 2.24) is 0 Å². The third-order valence-corrected chi connectivity index (χ3v) is 3.60. The monoisotopic (exact) mass is 344 g/mol. The highest BCUT2D eigenvalue weighted by Crippen LogP contribution is 2.38. The first-order valence-electron chi connectivity index (χ1n) is 7.43. The van der Waals surface area contributed by atoms with Crippen LogP contribution in [-0.4, -0.2) is 39.3 Å². The van der Waals surface area contributed by atoms with Crippen LogP contribution in [0.1, 0.15) is 15.9 Å². The lowest BCUT2D eigenvalue weighted by Crippen LogP contribution is -2.00. The number of rotatable bonds is 7. The number of ether oxygens (including phenoxy) is 4. The van der Waals surface area contributed by atoms with Gasteiger partial charge in [0.15, 0.2) is 17.3 Å². The maximum absolute atomic E-state index is 12.5. The van der Waals surface area contributed by atoms with Crippen LogP contribution in [0.25, 0.3) is 6.08 Å². The zero-order valence-corrected chi connectivity index (χ0v) is 14.5. The van der Waals surface area contributed by atoms with Crippen LogP contribution in [0.4, 0.5) is 0 Å². The predicted molar refractivity (Wildman–Crippen MR) is 94.1 cm³/mol. The molecule has 0 radical (unpaired) electrons. The number of benzene rings is 2. The fourth-order valence-corrected chi connectivity index (χ4v) is 2.28. The molecule has 6 nitrogen and oxygen atoms in total. The zero-order valence-electron chi connectivity index (χ0n) is 14.5. The number of carbonyl (C=O) groups is 1. The van der Waals surface area contributed by atoms with Crippen LogP contribution in [0.5, 0.6) is 28.7 Å². The molecule has 0 aliphatic heterocycles. The van der Waals surface area contributed by atoms with E-state index in [0.717, 1.165) is 0 Å². The molecule has 0 aromatic heterocycles. The van der Waals surface area contributed by atoms with Crippen molar-refractivity contribution in [2.75, 3.05) is 28.4 Å². The molecule has 2 aromatic carbocycles. The minimum absolute atomic E-state index is 0.0507. The van der Waals surface area contributed by atoms with Gasteiger partial charge in [0.25, 0.3) is 0 Å². The predicted octanol–water partition coefficient (Wildman–Crippen LogP) is 3.32. The zero-order chi connectivity index (χ0) is 18.4. The van der Waals surface area contributed by atoms with Crippen molar-refractivity contribution in [3.63, 3.8) is 0 Å². The van der Waals surface area contributed by atoms with Gasteiger partial charge in [-0.25, -0.2) is 0 Å². The van der Waals surface area contributed by atoms with Crippen molar-refractivity contribution < 1.29 is 28.8 Å². The normalized spacial score (nSPS) is 10.6. The number of ketones is 1. The Kier molecular flexibility index (Phi) is 5.89. The Bertz CT molecular complexity index is 769. The molecular weight excluding hydrogens is 324 g/mol. The van der Waals surface area contributed by atoms with Gasteiger partial charge < -0.3 is 24.1 Å². The Morgan fingerprint density at radius 1 is 0.920 bits per heavy atom. The molecule has 2 aromatic rings. The van der Waals surface area contributed by atoms with Gasteiger partial charge >= 0.3 is 0 Å². The Labute approximate surface area is 146 Å². The highest BCUT2D eigenvalue weighted by atomic mass is 16.5. The van der Waals surface area contributed by atoms with E-state index in [9.17, 15) is 9.90 Å². The van der Waals surface area contributed by atoms with Crippen molar-refractivity contribution in [1.29, 1.82) is 0 Å². The van der Waals surface area contributed by atoms with Gasteiger partial charge in [-0.05, 0) is 42.5 Å². The largest absolute Gasteiger partial charge is 0.507 e. The Balaban J connectivity index is 2.35. The molecule has 6 heteroatoms. The van der Waals surface area contributed by atoms with Gasteiger partial charge in [-0.1, -0.05) is 0 Å². The third-order valence-electron chi connectivity index (χ3n) is 3.60. The molecule has 0 unspecified atom stereocenters. The van der Waals surface area contributed by atoms with Crippen LogP contribution in [0.2, 0.25) is 0 Å². The minimum Gasteiger partial charge on any atom is -0.507 e. The molecule has 1 N–H and O–H groups in total. The van der Waals surface area contributed by atoms with Gasteiger partial charge in [0.2, 0.25) is 5.75 Å². The highest BCUT2D eigenvalue weighted by molar-refractivity contribution is 6.07. The SMILES string of the molecule is COc1ccc(O)c(/C=C/C(=O)c2cc(OC)c(OC)c(OC)c2)c1. The summed E-state index contributed by atoms with van der Waals surface area (Å²) in [5.41, 5.74) is 0.841. The van der Waals surface area contributed by atoms with E-state index < -0.39 is 0 Å². The summed E-state index contributed by atoms with van der Waals surface area (Å²) in [7, 11) is 5.99. The second-order valence-electron chi connectivity index (χ2n) is 5.04. The molecule has 0 heterocycles. The Morgan fingerprint density at radius 2 is 1.56 bits per heavy atom. The van der Waals surface area contributed by atoms with Crippen molar-refractivity contribution >= 4 is 11.9 Å². The molecule has 0 saturated carbocycles. The topological polar surface area (TPSA) is 74.2 Å². The molecule has 0 atom stereocenters. The summed E-state index contributed by atoms with van der Waals surface area (Å²) >= 11 is 0. The van der Waals surface area contributed by atoms with Gasteiger partial charge in [0.1, 0.15) is 11.5 Å². The van der Waals surface area contributed by atoms with Gasteiger partial charge in [0.05, 0.1) is 28.4 Å². The fraction of sp³-hybridized carbons (Fsp3) is 0.211. The number of phenols is 1. The van der Waals surface area contributed by atoms with Gasteiger partial charge in [-0.2, -0.15) is 0 Å².